The second-order valence-corrected chi connectivity index (χ2v) is 6.33. The molecule has 1 atom stereocenters. The van der Waals surface area contributed by atoms with Crippen LogP contribution in [-0.4, -0.2) is 25.0 Å². The van der Waals surface area contributed by atoms with Crippen molar-refractivity contribution in [3.05, 3.63) is 29.3 Å². The fourth-order valence-corrected chi connectivity index (χ4v) is 2.83. The summed E-state index contributed by atoms with van der Waals surface area (Å²) in [6.45, 7) is 9.11. The van der Waals surface area contributed by atoms with Crippen LogP contribution in [0.2, 0.25) is 0 Å². The maximum absolute atomic E-state index is 11.4. The van der Waals surface area contributed by atoms with Gasteiger partial charge in [-0.05, 0) is 43.0 Å². The zero-order valence-corrected chi connectivity index (χ0v) is 13.4. The molecule has 1 saturated heterocycles. The number of carbonyl (C=O) groups excluding carboxylic acids is 1. The minimum absolute atomic E-state index is 0.0126. The standard InChI is InChI=1S/C17H27N3O/c1-12(2)19-10-14-6-7-16(9-13(14)3)20-8-4-5-15(11-20)17(18)21/h6-7,9,12,15,19H,4-5,8,10-11H2,1-3H3,(H2,18,21). The van der Waals surface area contributed by atoms with Gasteiger partial charge in [0, 0.05) is 31.4 Å². The Morgan fingerprint density at radius 1 is 1.48 bits per heavy atom. The van der Waals surface area contributed by atoms with Crippen molar-refractivity contribution in [1.29, 1.82) is 0 Å². The molecule has 1 fully saturated rings. The first-order valence-electron chi connectivity index (χ1n) is 7.84. The summed E-state index contributed by atoms with van der Waals surface area (Å²) in [5.74, 6) is -0.185. The number of nitrogens with zero attached hydrogens (tertiary/aromatic N) is 1. The highest BCUT2D eigenvalue weighted by molar-refractivity contribution is 5.77. The van der Waals surface area contributed by atoms with E-state index >= 15 is 0 Å². The van der Waals surface area contributed by atoms with E-state index < -0.39 is 0 Å². The molecular formula is C17H27N3O. The Kier molecular flexibility index (Phi) is 5.23. The summed E-state index contributed by atoms with van der Waals surface area (Å²) in [6.07, 6.45) is 1.95. The summed E-state index contributed by atoms with van der Waals surface area (Å²) in [5.41, 5.74) is 9.28. The van der Waals surface area contributed by atoms with E-state index in [2.05, 4.69) is 49.2 Å². The van der Waals surface area contributed by atoms with Gasteiger partial charge in [-0.1, -0.05) is 19.9 Å². The van der Waals surface area contributed by atoms with Crippen LogP contribution in [0.4, 0.5) is 5.69 Å². The SMILES string of the molecule is Cc1cc(N2CCCC(C(N)=O)C2)ccc1CNC(C)C. The Hall–Kier alpha value is -1.55. The van der Waals surface area contributed by atoms with E-state index in [4.69, 9.17) is 5.73 Å². The van der Waals surface area contributed by atoms with Gasteiger partial charge in [0.25, 0.3) is 0 Å². The van der Waals surface area contributed by atoms with Gasteiger partial charge in [-0.3, -0.25) is 4.79 Å². The molecule has 1 amide bonds. The molecule has 4 nitrogen and oxygen atoms in total. The maximum Gasteiger partial charge on any atom is 0.222 e. The van der Waals surface area contributed by atoms with Crippen LogP contribution in [0.5, 0.6) is 0 Å². The zero-order chi connectivity index (χ0) is 15.4. The van der Waals surface area contributed by atoms with Crippen molar-refractivity contribution in [3.8, 4) is 0 Å². The predicted molar refractivity (Wildman–Crippen MR) is 87.3 cm³/mol. The second-order valence-electron chi connectivity index (χ2n) is 6.33. The fraction of sp³-hybridized carbons (Fsp3) is 0.588. The number of anilines is 1. The van der Waals surface area contributed by atoms with Crippen molar-refractivity contribution in [2.75, 3.05) is 18.0 Å². The van der Waals surface area contributed by atoms with Gasteiger partial charge in [-0.2, -0.15) is 0 Å². The number of hydrogen-bond donors (Lipinski definition) is 2. The number of rotatable bonds is 5. The summed E-state index contributed by atoms with van der Waals surface area (Å²) in [5, 5.41) is 3.45. The monoisotopic (exact) mass is 289 g/mol. The molecule has 1 aromatic carbocycles. The van der Waals surface area contributed by atoms with Gasteiger partial charge in [-0.25, -0.2) is 0 Å². The third-order valence-electron chi connectivity index (χ3n) is 4.22. The number of nitrogens with two attached hydrogens (primary N) is 1. The minimum Gasteiger partial charge on any atom is -0.371 e. The summed E-state index contributed by atoms with van der Waals surface area (Å²) in [4.78, 5) is 13.7. The Balaban J connectivity index is 2.07. The molecule has 1 aliphatic heterocycles. The Morgan fingerprint density at radius 3 is 2.86 bits per heavy atom. The quantitative estimate of drug-likeness (QED) is 0.873. The maximum atomic E-state index is 11.4. The summed E-state index contributed by atoms with van der Waals surface area (Å²) >= 11 is 0. The highest BCUT2D eigenvalue weighted by Gasteiger charge is 2.24. The molecule has 1 heterocycles. The van der Waals surface area contributed by atoms with E-state index in [-0.39, 0.29) is 11.8 Å². The highest BCUT2D eigenvalue weighted by atomic mass is 16.1. The van der Waals surface area contributed by atoms with Crippen LogP contribution in [0, 0.1) is 12.8 Å². The molecule has 0 spiro atoms. The number of hydrogen-bond acceptors (Lipinski definition) is 3. The zero-order valence-electron chi connectivity index (χ0n) is 13.4. The molecule has 21 heavy (non-hydrogen) atoms. The molecule has 1 unspecified atom stereocenters. The topological polar surface area (TPSA) is 58.4 Å². The van der Waals surface area contributed by atoms with Crippen molar-refractivity contribution >= 4 is 11.6 Å². The summed E-state index contributed by atoms with van der Waals surface area (Å²) in [6, 6.07) is 7.06. The Labute approximate surface area is 127 Å². The number of benzene rings is 1. The molecule has 3 N–H and O–H groups in total. The van der Waals surface area contributed by atoms with Crippen molar-refractivity contribution in [2.45, 2.75) is 46.2 Å². The third-order valence-corrected chi connectivity index (χ3v) is 4.22. The number of piperidine rings is 1. The van der Waals surface area contributed by atoms with Gasteiger partial charge in [0.1, 0.15) is 0 Å². The minimum atomic E-state index is -0.172. The van der Waals surface area contributed by atoms with Gasteiger partial charge in [0.05, 0.1) is 5.92 Å². The largest absolute Gasteiger partial charge is 0.371 e. The van der Waals surface area contributed by atoms with Gasteiger partial charge >= 0.3 is 0 Å². The first-order valence-corrected chi connectivity index (χ1v) is 7.84. The van der Waals surface area contributed by atoms with E-state index in [9.17, 15) is 4.79 Å². The Bertz CT molecular complexity index is 499. The van der Waals surface area contributed by atoms with E-state index in [1.807, 2.05) is 0 Å². The van der Waals surface area contributed by atoms with Crippen LogP contribution in [0.25, 0.3) is 0 Å². The molecule has 116 valence electrons. The van der Waals surface area contributed by atoms with E-state index in [1.165, 1.54) is 16.8 Å². The Morgan fingerprint density at radius 2 is 2.24 bits per heavy atom. The number of nitrogens with one attached hydrogen (secondary N) is 1. The van der Waals surface area contributed by atoms with Crippen molar-refractivity contribution in [3.63, 3.8) is 0 Å². The lowest BCUT2D eigenvalue weighted by molar-refractivity contribution is -0.122. The normalized spacial score (nSPS) is 19.0. The van der Waals surface area contributed by atoms with Crippen LogP contribution in [0.3, 0.4) is 0 Å². The van der Waals surface area contributed by atoms with Gasteiger partial charge in [-0.15, -0.1) is 0 Å². The first-order chi connectivity index (χ1) is 9.97. The molecule has 0 saturated carbocycles. The van der Waals surface area contributed by atoms with Crippen LogP contribution < -0.4 is 16.0 Å². The van der Waals surface area contributed by atoms with Gasteiger partial charge < -0.3 is 16.0 Å². The molecule has 0 aliphatic carbocycles. The fourth-order valence-electron chi connectivity index (χ4n) is 2.83. The molecule has 4 heteroatoms. The number of primary amides is 1. The predicted octanol–water partition coefficient (Wildman–Crippen LogP) is 2.19. The molecule has 2 rings (SSSR count). The van der Waals surface area contributed by atoms with Gasteiger partial charge in [0.2, 0.25) is 5.91 Å². The van der Waals surface area contributed by atoms with E-state index in [0.717, 1.165) is 32.5 Å². The molecule has 1 aromatic rings. The highest BCUT2D eigenvalue weighted by Crippen LogP contribution is 2.25. The van der Waals surface area contributed by atoms with E-state index in [1.54, 1.807) is 0 Å². The molecule has 1 aliphatic rings. The third kappa shape index (κ3) is 4.21. The number of amides is 1. The van der Waals surface area contributed by atoms with Crippen LogP contribution in [0.1, 0.15) is 37.8 Å². The van der Waals surface area contributed by atoms with Crippen molar-refractivity contribution < 1.29 is 4.79 Å². The molecule has 0 bridgehead atoms. The van der Waals surface area contributed by atoms with E-state index in [0.29, 0.717) is 6.04 Å². The summed E-state index contributed by atoms with van der Waals surface area (Å²) < 4.78 is 0. The lowest BCUT2D eigenvalue weighted by Gasteiger charge is -2.33. The lowest BCUT2D eigenvalue weighted by atomic mass is 9.96. The van der Waals surface area contributed by atoms with Crippen molar-refractivity contribution in [1.82, 2.24) is 5.32 Å². The molecular weight excluding hydrogens is 262 g/mol. The average molecular weight is 289 g/mol. The molecule has 0 aromatic heterocycles. The van der Waals surface area contributed by atoms with Crippen molar-refractivity contribution in [2.24, 2.45) is 11.7 Å². The van der Waals surface area contributed by atoms with Crippen LogP contribution >= 0.6 is 0 Å². The lowest BCUT2D eigenvalue weighted by Crippen LogP contribution is -2.41. The van der Waals surface area contributed by atoms with Gasteiger partial charge in [0.15, 0.2) is 0 Å². The smallest absolute Gasteiger partial charge is 0.222 e. The van der Waals surface area contributed by atoms with Crippen LogP contribution in [-0.2, 0) is 11.3 Å². The van der Waals surface area contributed by atoms with Crippen LogP contribution in [0.15, 0.2) is 18.2 Å². The summed E-state index contributed by atoms with van der Waals surface area (Å²) in [7, 11) is 0. The molecule has 0 radical (unpaired) electrons. The number of aryl methyl sites for hydroxylation is 1. The second kappa shape index (κ2) is 6.94. The average Bonchev–Trinajstić information content (AvgIpc) is 2.46. The first kappa shape index (κ1) is 15.8. The number of carbonyl (C=O) groups is 1.